The Morgan fingerprint density at radius 2 is 0.694 bits per heavy atom. The highest BCUT2D eigenvalue weighted by Crippen LogP contribution is 2.45. The second kappa shape index (κ2) is 49.6. The molecular weight excluding hydrogens is 963 g/mol. The van der Waals surface area contributed by atoms with Crippen molar-refractivity contribution in [2.24, 2.45) is 0 Å². The normalized spacial score (nSPS) is 15.8. The molecule has 0 amide bonds. The van der Waals surface area contributed by atoms with E-state index in [0.717, 1.165) is 89.9 Å². The second-order valence-electron chi connectivity index (χ2n) is 16.8. The molecule has 0 fully saturated rings. The first kappa shape index (κ1) is 68.4. The number of carbonyl (C=O) groups excluding carboxylic acids is 2. The third-order valence-electron chi connectivity index (χ3n) is 9.93. The topological polar surface area (TPSA) is 225 Å². The zero-order valence-electron chi connectivity index (χ0n) is 43.3. The van der Waals surface area contributed by atoms with Gasteiger partial charge in [0.2, 0.25) is 0 Å². The molecule has 0 saturated carbocycles. The van der Waals surface area contributed by atoms with Crippen LogP contribution >= 0.6 is 15.6 Å². The van der Waals surface area contributed by atoms with Crippen LogP contribution in [-0.4, -0.2) is 95.0 Å². The van der Waals surface area contributed by atoms with Gasteiger partial charge in [-0.15, -0.1) is 0 Å². The third kappa shape index (κ3) is 51.3. The summed E-state index contributed by atoms with van der Waals surface area (Å²) in [6, 6.07) is 0. The van der Waals surface area contributed by atoms with Gasteiger partial charge in [0, 0.05) is 6.42 Å². The number of rotatable bonds is 48. The first-order chi connectivity index (χ1) is 34.8. The maximum Gasteiger partial charge on any atom is 0.472 e. The fourth-order valence-electron chi connectivity index (χ4n) is 5.95. The van der Waals surface area contributed by atoms with Crippen LogP contribution in [0.4, 0.5) is 0 Å². The van der Waals surface area contributed by atoms with Crippen molar-refractivity contribution >= 4 is 27.6 Å². The second-order valence-corrected chi connectivity index (χ2v) is 19.7. The molecule has 5 N–H and O–H groups in total. The summed E-state index contributed by atoms with van der Waals surface area (Å²) in [7, 11) is -9.63. The lowest BCUT2D eigenvalue weighted by Gasteiger charge is -2.19. The summed E-state index contributed by atoms with van der Waals surface area (Å²) in [5, 5.41) is 30.1. The van der Waals surface area contributed by atoms with Crippen molar-refractivity contribution < 1.29 is 71.4 Å². The zero-order valence-corrected chi connectivity index (χ0v) is 45.1. The van der Waals surface area contributed by atoms with Gasteiger partial charge in [-0.3, -0.25) is 27.7 Å². The van der Waals surface area contributed by atoms with E-state index in [2.05, 4.69) is 129 Å². The Labute approximate surface area is 432 Å². The molecular formula is C55H90O15P2. The molecule has 0 rings (SSSR count). The van der Waals surface area contributed by atoms with Crippen LogP contribution in [0, 0.1) is 0 Å². The Bertz CT molecular complexity index is 1750. The van der Waals surface area contributed by atoms with Gasteiger partial charge in [0.25, 0.3) is 0 Å². The molecule has 0 aliphatic rings. The standard InChI is InChI=1S/C55H90O15P2/c1-3-5-7-9-11-13-15-17-19-21-23-24-26-28-30-32-34-36-38-40-42-44-55(60)66-46-52(57)48-68-72(63,64)70-50-53(58)49-69-71(61,62)67-47-51(56)45-65-54(59)43-41-39-37-35-33-31-29-27-25-22-20-18-16-14-12-10-8-6-4-2/h5,7,11-14,17-20,23-25,27-28,30,34,36,40,42,51-53,56-58H,3-4,6,8-10,15-16,21-22,26,29,31-33,35,37-39,41,43-50H2,1-2H3,(H,61,62)(H,63,64)/b7-5-,13-11-,14-12-,19-17-,20-18-,24-23-,27-25-,30-28-,36-34-,42-40-. The molecule has 410 valence electrons. The SMILES string of the molecule is CC/C=C\C/C=C\C/C=C\C/C=C\C/C=C\C/C=C\C/C=C\CC(=O)OCC(O)COP(=O)(O)OCC(O)COP(=O)(O)OCC(O)COC(=O)CCCCCCCC/C=C\C/C=C\C/C=C\CCCCC. The number of esters is 2. The predicted octanol–water partition coefficient (Wildman–Crippen LogP) is 12.6. The highest BCUT2D eigenvalue weighted by molar-refractivity contribution is 7.47. The number of unbranched alkanes of at least 4 members (excludes halogenated alkanes) is 9. The number of ether oxygens (including phenoxy) is 2. The molecule has 0 aliphatic carbocycles. The number of aliphatic hydroxyl groups is 3. The fourth-order valence-corrected chi connectivity index (χ4v) is 7.54. The van der Waals surface area contributed by atoms with Gasteiger partial charge in [-0.05, 0) is 89.9 Å². The molecule has 0 aromatic rings. The lowest BCUT2D eigenvalue weighted by atomic mass is 10.1. The Morgan fingerprint density at radius 1 is 0.389 bits per heavy atom. The van der Waals surface area contributed by atoms with Crippen molar-refractivity contribution in [2.75, 3.05) is 39.6 Å². The lowest BCUT2D eigenvalue weighted by molar-refractivity contribution is -0.147. The summed E-state index contributed by atoms with van der Waals surface area (Å²) >= 11 is 0. The molecule has 0 radical (unpaired) electrons. The van der Waals surface area contributed by atoms with Crippen LogP contribution < -0.4 is 0 Å². The summed E-state index contributed by atoms with van der Waals surface area (Å²) in [5.74, 6) is -1.14. The maximum absolute atomic E-state index is 12.2. The van der Waals surface area contributed by atoms with E-state index in [1.807, 2.05) is 12.2 Å². The molecule has 5 unspecified atom stereocenters. The van der Waals surface area contributed by atoms with E-state index in [0.29, 0.717) is 12.8 Å². The van der Waals surface area contributed by atoms with Crippen molar-refractivity contribution in [1.29, 1.82) is 0 Å². The number of aliphatic hydroxyl groups excluding tert-OH is 3. The fraction of sp³-hybridized carbons (Fsp3) is 0.600. The monoisotopic (exact) mass is 1050 g/mol. The highest BCUT2D eigenvalue weighted by Gasteiger charge is 2.28. The smallest absolute Gasteiger partial charge is 0.463 e. The minimum Gasteiger partial charge on any atom is -0.463 e. The van der Waals surface area contributed by atoms with E-state index in [1.165, 1.54) is 25.7 Å². The number of carbonyl (C=O) groups is 2. The number of hydrogen-bond acceptors (Lipinski definition) is 13. The van der Waals surface area contributed by atoms with E-state index in [9.17, 15) is 43.8 Å². The first-order valence-electron chi connectivity index (χ1n) is 25.9. The van der Waals surface area contributed by atoms with Gasteiger partial charge < -0.3 is 34.6 Å². The molecule has 0 spiro atoms. The van der Waals surface area contributed by atoms with Gasteiger partial charge in [0.1, 0.15) is 31.5 Å². The largest absolute Gasteiger partial charge is 0.472 e. The van der Waals surface area contributed by atoms with Crippen LogP contribution in [-0.2, 0) is 46.3 Å². The Kier molecular flexibility index (Phi) is 47.2. The van der Waals surface area contributed by atoms with E-state index in [1.54, 1.807) is 12.2 Å². The van der Waals surface area contributed by atoms with Crippen molar-refractivity contribution in [3.8, 4) is 0 Å². The maximum atomic E-state index is 12.2. The Morgan fingerprint density at radius 3 is 1.08 bits per heavy atom. The van der Waals surface area contributed by atoms with Crippen LogP contribution in [0.25, 0.3) is 0 Å². The first-order valence-corrected chi connectivity index (χ1v) is 28.9. The van der Waals surface area contributed by atoms with Crippen LogP contribution in [0.3, 0.4) is 0 Å². The summed E-state index contributed by atoms with van der Waals surface area (Å²) in [6.45, 7) is 0.121. The Balaban J connectivity index is 3.99. The average Bonchev–Trinajstić information content (AvgIpc) is 3.36. The van der Waals surface area contributed by atoms with Crippen molar-refractivity contribution in [3.63, 3.8) is 0 Å². The zero-order chi connectivity index (χ0) is 53.1. The number of phosphoric ester groups is 2. The number of hydrogen-bond donors (Lipinski definition) is 5. The predicted molar refractivity (Wildman–Crippen MR) is 288 cm³/mol. The third-order valence-corrected chi connectivity index (χ3v) is 11.8. The van der Waals surface area contributed by atoms with Gasteiger partial charge in [-0.1, -0.05) is 174 Å². The molecule has 72 heavy (non-hydrogen) atoms. The molecule has 0 aliphatic heterocycles. The van der Waals surface area contributed by atoms with Gasteiger partial charge in [0.15, 0.2) is 0 Å². The minimum absolute atomic E-state index is 0.0453. The van der Waals surface area contributed by atoms with Gasteiger partial charge in [-0.2, -0.15) is 0 Å². The summed E-state index contributed by atoms with van der Waals surface area (Å²) in [4.78, 5) is 43.8. The van der Waals surface area contributed by atoms with E-state index in [4.69, 9.17) is 9.47 Å². The van der Waals surface area contributed by atoms with Gasteiger partial charge in [0.05, 0.1) is 32.8 Å². The van der Waals surface area contributed by atoms with Crippen molar-refractivity contribution in [1.82, 2.24) is 0 Å². The molecule has 0 bridgehead atoms. The average molecular weight is 1050 g/mol. The molecule has 5 atom stereocenters. The van der Waals surface area contributed by atoms with Crippen LogP contribution in [0.2, 0.25) is 0 Å². The summed E-state index contributed by atoms with van der Waals surface area (Å²) in [5.41, 5.74) is 0. The number of allylic oxidation sites excluding steroid dienone is 19. The molecule has 0 aromatic carbocycles. The quantitative estimate of drug-likeness (QED) is 0.0165. The summed E-state index contributed by atoms with van der Waals surface area (Å²) < 4.78 is 53.0. The van der Waals surface area contributed by atoms with Gasteiger partial charge in [-0.25, -0.2) is 9.13 Å². The van der Waals surface area contributed by atoms with Crippen molar-refractivity contribution in [2.45, 2.75) is 173 Å². The molecule has 15 nitrogen and oxygen atoms in total. The lowest BCUT2D eigenvalue weighted by Crippen LogP contribution is -2.25. The van der Waals surface area contributed by atoms with E-state index >= 15 is 0 Å². The van der Waals surface area contributed by atoms with Crippen LogP contribution in [0.5, 0.6) is 0 Å². The van der Waals surface area contributed by atoms with E-state index < -0.39 is 85.5 Å². The van der Waals surface area contributed by atoms with Crippen molar-refractivity contribution in [3.05, 3.63) is 122 Å². The molecule has 17 heteroatoms. The van der Waals surface area contributed by atoms with Crippen LogP contribution in [0.1, 0.15) is 155 Å². The highest BCUT2D eigenvalue weighted by atomic mass is 31.2. The molecule has 0 aromatic heterocycles. The Hall–Kier alpha value is -3.56. The number of phosphoric acid groups is 2. The van der Waals surface area contributed by atoms with Crippen LogP contribution in [0.15, 0.2) is 122 Å². The van der Waals surface area contributed by atoms with E-state index in [-0.39, 0.29) is 12.8 Å². The molecule has 0 saturated heterocycles. The van der Waals surface area contributed by atoms with Gasteiger partial charge >= 0.3 is 27.6 Å². The molecule has 0 heterocycles. The summed E-state index contributed by atoms with van der Waals surface area (Å²) in [6.07, 6.45) is 57.8. The minimum atomic E-state index is -4.82.